The molecule has 0 amide bonds. The summed E-state index contributed by atoms with van der Waals surface area (Å²) in [5.74, 6) is -2.70. The minimum Gasteiger partial charge on any atom is -0.497 e. The Balaban J connectivity index is 2.60. The monoisotopic (exact) mass is 331 g/mol. The molecular weight excluding hydrogens is 310 g/mol. The Kier molecular flexibility index (Phi) is 4.97. The maximum Gasteiger partial charge on any atom is 0.333 e. The van der Waals surface area contributed by atoms with Crippen molar-refractivity contribution in [2.45, 2.75) is 26.7 Å². The minimum absolute atomic E-state index is 0.0771. The molecule has 6 heteroatoms. The molecule has 6 nitrogen and oxygen atoms in total. The molecular formula is C18H21NO5. The number of carboxylic acids is 2. The zero-order chi connectivity index (χ0) is 18.0. The number of allylic oxidation sites excluding steroid dienone is 2. The van der Waals surface area contributed by atoms with Crippen molar-refractivity contribution in [2.75, 3.05) is 7.11 Å². The van der Waals surface area contributed by atoms with Crippen LogP contribution in [0.15, 0.2) is 46.8 Å². The van der Waals surface area contributed by atoms with Gasteiger partial charge in [-0.05, 0) is 37.5 Å². The first-order valence-electron chi connectivity index (χ1n) is 7.57. The predicted octanol–water partition coefficient (Wildman–Crippen LogP) is 2.74. The summed E-state index contributed by atoms with van der Waals surface area (Å²) < 4.78 is 5.21. The number of hydrogen-bond acceptors (Lipinski definition) is 4. The Morgan fingerprint density at radius 1 is 1.12 bits per heavy atom. The normalized spacial score (nSPS) is 16.7. The fraction of sp³-hybridized carbons (Fsp3) is 0.333. The fourth-order valence-corrected chi connectivity index (χ4v) is 3.23. The van der Waals surface area contributed by atoms with Gasteiger partial charge in [-0.1, -0.05) is 19.1 Å². The first-order valence-corrected chi connectivity index (χ1v) is 7.57. The van der Waals surface area contributed by atoms with E-state index < -0.39 is 17.9 Å². The van der Waals surface area contributed by atoms with Crippen molar-refractivity contribution in [3.63, 3.8) is 0 Å². The van der Waals surface area contributed by atoms with Gasteiger partial charge < -0.3 is 20.3 Å². The Bertz CT molecular complexity index is 712. The number of carboxylic acid groups (broad SMARTS) is 2. The molecule has 1 aliphatic rings. The molecule has 1 aliphatic heterocycles. The number of aliphatic carboxylic acids is 2. The lowest BCUT2D eigenvalue weighted by Gasteiger charge is -2.32. The molecule has 3 N–H and O–H groups in total. The smallest absolute Gasteiger partial charge is 0.333 e. The third-order valence-electron chi connectivity index (χ3n) is 4.39. The molecule has 0 aliphatic carbocycles. The summed E-state index contributed by atoms with van der Waals surface area (Å²) in [6.45, 7) is 5.13. The number of rotatable bonds is 5. The molecule has 1 atom stereocenters. The van der Waals surface area contributed by atoms with E-state index in [1.54, 1.807) is 39.2 Å². The van der Waals surface area contributed by atoms with Crippen LogP contribution in [0.25, 0.3) is 0 Å². The number of ether oxygens (including phenoxy) is 1. The summed E-state index contributed by atoms with van der Waals surface area (Å²) in [6, 6.07) is 7.24. The quantitative estimate of drug-likeness (QED) is 0.768. The maximum absolute atomic E-state index is 11.8. The van der Waals surface area contributed by atoms with E-state index in [0.717, 1.165) is 5.56 Å². The molecule has 128 valence electrons. The first-order chi connectivity index (χ1) is 11.3. The van der Waals surface area contributed by atoms with Crippen LogP contribution >= 0.6 is 0 Å². The second-order valence-corrected chi connectivity index (χ2v) is 5.86. The van der Waals surface area contributed by atoms with Gasteiger partial charge >= 0.3 is 11.9 Å². The van der Waals surface area contributed by atoms with Crippen molar-refractivity contribution in [3.05, 3.63) is 52.4 Å². The van der Waals surface area contributed by atoms with Crippen LogP contribution in [0.4, 0.5) is 0 Å². The van der Waals surface area contributed by atoms with E-state index in [4.69, 9.17) is 4.74 Å². The van der Waals surface area contributed by atoms with Crippen molar-refractivity contribution in [3.8, 4) is 5.75 Å². The van der Waals surface area contributed by atoms with E-state index in [0.29, 0.717) is 17.1 Å². The lowest BCUT2D eigenvalue weighted by molar-refractivity contribution is -0.134. The Morgan fingerprint density at radius 2 is 1.67 bits per heavy atom. The van der Waals surface area contributed by atoms with Crippen LogP contribution in [-0.4, -0.2) is 29.3 Å². The lowest BCUT2D eigenvalue weighted by Crippen LogP contribution is -2.34. The highest BCUT2D eigenvalue weighted by Crippen LogP contribution is 2.40. The summed E-state index contributed by atoms with van der Waals surface area (Å²) in [4.78, 5) is 23.5. The van der Waals surface area contributed by atoms with Crippen molar-refractivity contribution in [1.29, 1.82) is 0 Å². The molecule has 2 rings (SSSR count). The highest BCUT2D eigenvalue weighted by Gasteiger charge is 2.39. The molecule has 0 saturated carbocycles. The number of nitrogens with one attached hydrogen (secondary N) is 1. The Labute approximate surface area is 140 Å². The fourth-order valence-electron chi connectivity index (χ4n) is 3.23. The summed E-state index contributed by atoms with van der Waals surface area (Å²) in [7, 11) is 1.55. The van der Waals surface area contributed by atoms with Crippen LogP contribution in [-0.2, 0) is 9.59 Å². The first kappa shape index (κ1) is 17.6. The molecule has 0 aromatic heterocycles. The van der Waals surface area contributed by atoms with Crippen LogP contribution < -0.4 is 10.1 Å². The van der Waals surface area contributed by atoms with Gasteiger partial charge in [-0.2, -0.15) is 0 Å². The molecule has 1 unspecified atom stereocenters. The number of benzene rings is 1. The number of carbonyl (C=O) groups is 2. The molecule has 24 heavy (non-hydrogen) atoms. The summed E-state index contributed by atoms with van der Waals surface area (Å²) in [5.41, 5.74) is 1.90. The van der Waals surface area contributed by atoms with Crippen molar-refractivity contribution < 1.29 is 24.5 Å². The van der Waals surface area contributed by atoms with Crippen LogP contribution in [0, 0.1) is 5.92 Å². The molecule has 1 aromatic rings. The third kappa shape index (κ3) is 3.13. The second kappa shape index (κ2) is 6.78. The van der Waals surface area contributed by atoms with E-state index in [1.165, 1.54) is 0 Å². The Morgan fingerprint density at radius 3 is 2.12 bits per heavy atom. The standard InChI is InChI=1S/C18H21NO5/c1-9(12-6-5-7-13(8-12)24-4)14-15(17(20)21)10(2)19-11(3)16(14)18(22)23/h5-9,14,19H,1-4H3,(H,20,21)(H,22,23). The Hall–Kier alpha value is -2.76. The zero-order valence-corrected chi connectivity index (χ0v) is 14.1. The van der Waals surface area contributed by atoms with E-state index in [-0.39, 0.29) is 17.1 Å². The van der Waals surface area contributed by atoms with Crippen LogP contribution in [0.5, 0.6) is 5.75 Å². The lowest BCUT2D eigenvalue weighted by atomic mass is 9.74. The third-order valence-corrected chi connectivity index (χ3v) is 4.39. The highest BCUT2D eigenvalue weighted by atomic mass is 16.5. The summed E-state index contributed by atoms with van der Waals surface area (Å²) in [6.07, 6.45) is 0. The largest absolute Gasteiger partial charge is 0.497 e. The van der Waals surface area contributed by atoms with Gasteiger partial charge in [0.1, 0.15) is 5.75 Å². The zero-order valence-electron chi connectivity index (χ0n) is 14.1. The molecule has 0 radical (unpaired) electrons. The minimum atomic E-state index is -1.12. The maximum atomic E-state index is 11.8. The highest BCUT2D eigenvalue weighted by molar-refractivity contribution is 5.96. The number of dihydropyridines is 1. The van der Waals surface area contributed by atoms with Crippen LogP contribution in [0.2, 0.25) is 0 Å². The SMILES string of the molecule is COc1cccc(C(C)C2C(C(=O)O)=C(C)NC(C)=C2C(=O)O)c1. The molecule has 0 fully saturated rings. The average molecular weight is 331 g/mol. The summed E-state index contributed by atoms with van der Waals surface area (Å²) in [5, 5.41) is 22.1. The van der Waals surface area contributed by atoms with Gasteiger partial charge in [0.15, 0.2) is 0 Å². The predicted molar refractivity (Wildman–Crippen MR) is 88.7 cm³/mol. The van der Waals surface area contributed by atoms with E-state index in [9.17, 15) is 19.8 Å². The number of hydrogen-bond donors (Lipinski definition) is 3. The van der Waals surface area contributed by atoms with Gasteiger partial charge in [-0.3, -0.25) is 0 Å². The molecule has 1 heterocycles. The van der Waals surface area contributed by atoms with Gasteiger partial charge in [-0.25, -0.2) is 9.59 Å². The van der Waals surface area contributed by atoms with Crippen molar-refractivity contribution in [1.82, 2.24) is 5.32 Å². The van der Waals surface area contributed by atoms with Gasteiger partial charge in [0.05, 0.1) is 18.3 Å². The van der Waals surface area contributed by atoms with Gasteiger partial charge in [0.25, 0.3) is 0 Å². The topological polar surface area (TPSA) is 95.9 Å². The van der Waals surface area contributed by atoms with E-state index >= 15 is 0 Å². The van der Waals surface area contributed by atoms with Crippen LogP contribution in [0.3, 0.4) is 0 Å². The molecule has 0 bridgehead atoms. The van der Waals surface area contributed by atoms with Gasteiger partial charge in [-0.15, -0.1) is 0 Å². The summed E-state index contributed by atoms with van der Waals surface area (Å²) >= 11 is 0. The molecule has 0 saturated heterocycles. The molecule has 0 spiro atoms. The van der Waals surface area contributed by atoms with E-state index in [2.05, 4.69) is 5.32 Å². The van der Waals surface area contributed by atoms with Crippen molar-refractivity contribution in [2.24, 2.45) is 5.92 Å². The van der Waals surface area contributed by atoms with E-state index in [1.807, 2.05) is 13.0 Å². The number of methoxy groups -OCH3 is 1. The second-order valence-electron chi connectivity index (χ2n) is 5.86. The average Bonchev–Trinajstić information content (AvgIpc) is 2.52. The molecule has 1 aromatic carbocycles. The van der Waals surface area contributed by atoms with Gasteiger partial charge in [0, 0.05) is 17.3 Å². The van der Waals surface area contributed by atoms with Crippen molar-refractivity contribution >= 4 is 11.9 Å². The van der Waals surface area contributed by atoms with Crippen LogP contribution in [0.1, 0.15) is 32.3 Å². The van der Waals surface area contributed by atoms with Gasteiger partial charge in [0.2, 0.25) is 0 Å².